The molecule has 4 nitrogen and oxygen atoms in total. The monoisotopic (exact) mass is 412 g/mol. The van der Waals surface area contributed by atoms with Crippen LogP contribution < -0.4 is 4.74 Å². The fraction of sp³-hybridized carbons (Fsp3) is 0.222. The number of fused-ring (bicyclic) bond motifs is 1. The number of nitrogens with one attached hydrogen (secondary N) is 1. The van der Waals surface area contributed by atoms with Gasteiger partial charge in [0.2, 0.25) is 0 Å². The third-order valence-corrected chi connectivity index (χ3v) is 6.00. The molecule has 0 bridgehead atoms. The van der Waals surface area contributed by atoms with E-state index in [0.29, 0.717) is 0 Å². The number of rotatable bonds is 6. The molecule has 1 N–H and O–H groups in total. The van der Waals surface area contributed by atoms with Crippen LogP contribution in [0.3, 0.4) is 0 Å². The molecule has 31 heavy (non-hydrogen) atoms. The van der Waals surface area contributed by atoms with E-state index in [1.807, 2.05) is 57.4 Å². The molecule has 0 unspecified atom stereocenters. The largest absolute Gasteiger partial charge is 0.483 e. The second kappa shape index (κ2) is 8.68. The molecule has 1 amide bonds. The summed E-state index contributed by atoms with van der Waals surface area (Å²) in [5.74, 6) is 0.678. The summed E-state index contributed by atoms with van der Waals surface area (Å²) in [7, 11) is 1.85. The highest BCUT2D eigenvalue weighted by molar-refractivity contribution is 5.85. The minimum atomic E-state index is -0.216. The van der Waals surface area contributed by atoms with Gasteiger partial charge in [-0.15, -0.1) is 0 Å². The molecule has 1 aromatic heterocycles. The second-order valence-electron chi connectivity index (χ2n) is 8.09. The Hall–Kier alpha value is -3.53. The SMILES string of the molecule is Cc1ccc([C@@H](c2c[nH]c3ccccc23)N(C)C(=O)COc2cccc(C)c2C)cc1. The predicted octanol–water partition coefficient (Wildman–Crippen LogP) is 5.72. The van der Waals surface area contributed by atoms with Gasteiger partial charge < -0.3 is 14.6 Å². The van der Waals surface area contributed by atoms with Crippen molar-refractivity contribution in [1.82, 2.24) is 9.88 Å². The highest BCUT2D eigenvalue weighted by atomic mass is 16.5. The maximum absolute atomic E-state index is 13.2. The molecule has 158 valence electrons. The maximum atomic E-state index is 13.2. The quantitative estimate of drug-likeness (QED) is 0.440. The molecule has 0 saturated carbocycles. The molecule has 0 aliphatic carbocycles. The smallest absolute Gasteiger partial charge is 0.261 e. The fourth-order valence-corrected chi connectivity index (χ4v) is 3.95. The Balaban J connectivity index is 1.65. The van der Waals surface area contributed by atoms with E-state index in [1.54, 1.807) is 4.90 Å². The van der Waals surface area contributed by atoms with Crippen LogP contribution in [0.2, 0.25) is 0 Å². The zero-order valence-electron chi connectivity index (χ0n) is 18.5. The number of hydrogen-bond acceptors (Lipinski definition) is 2. The van der Waals surface area contributed by atoms with Gasteiger partial charge in [-0.05, 0) is 49.6 Å². The first-order valence-corrected chi connectivity index (χ1v) is 10.5. The number of amides is 1. The van der Waals surface area contributed by atoms with Gasteiger partial charge in [-0.25, -0.2) is 0 Å². The number of nitrogens with zero attached hydrogens (tertiary/aromatic N) is 1. The van der Waals surface area contributed by atoms with Crippen LogP contribution >= 0.6 is 0 Å². The van der Waals surface area contributed by atoms with Crippen LogP contribution in [-0.4, -0.2) is 29.4 Å². The Morgan fingerprint density at radius 3 is 2.48 bits per heavy atom. The van der Waals surface area contributed by atoms with Crippen LogP contribution in [0.15, 0.2) is 72.9 Å². The normalized spacial score (nSPS) is 12.0. The summed E-state index contributed by atoms with van der Waals surface area (Å²) in [5, 5.41) is 1.11. The molecule has 1 heterocycles. The molecule has 0 radical (unpaired) electrons. The molecular weight excluding hydrogens is 384 g/mol. The Morgan fingerprint density at radius 1 is 0.968 bits per heavy atom. The number of aromatic amines is 1. The molecule has 0 fully saturated rings. The lowest BCUT2D eigenvalue weighted by atomic mass is 9.96. The standard InChI is InChI=1S/C27H28N2O2/c1-18-12-14-21(15-13-18)27(23-16-28-24-10-6-5-9-22(23)24)29(4)26(30)17-31-25-11-7-8-19(2)20(25)3/h5-16,27-28H,17H2,1-4H3/t27-/m0/s1. The Bertz CT molecular complexity index is 1210. The average Bonchev–Trinajstić information content (AvgIpc) is 3.20. The van der Waals surface area contributed by atoms with Gasteiger partial charge >= 0.3 is 0 Å². The number of likely N-dealkylation sites (N-methyl/N-ethyl adjacent to an activating group) is 1. The van der Waals surface area contributed by atoms with Gasteiger partial charge in [0.15, 0.2) is 6.61 Å². The molecule has 3 aromatic carbocycles. The van der Waals surface area contributed by atoms with Crippen molar-refractivity contribution < 1.29 is 9.53 Å². The average molecular weight is 413 g/mol. The van der Waals surface area contributed by atoms with E-state index in [9.17, 15) is 4.79 Å². The maximum Gasteiger partial charge on any atom is 0.261 e. The minimum Gasteiger partial charge on any atom is -0.483 e. The first kappa shape index (κ1) is 20.7. The summed E-state index contributed by atoms with van der Waals surface area (Å²) >= 11 is 0. The second-order valence-corrected chi connectivity index (χ2v) is 8.09. The highest BCUT2D eigenvalue weighted by Gasteiger charge is 2.26. The lowest BCUT2D eigenvalue weighted by molar-refractivity contribution is -0.133. The van der Waals surface area contributed by atoms with E-state index in [2.05, 4.69) is 48.3 Å². The topological polar surface area (TPSA) is 45.3 Å². The molecule has 4 rings (SSSR count). The van der Waals surface area contributed by atoms with Crippen molar-refractivity contribution in [2.75, 3.05) is 13.7 Å². The highest BCUT2D eigenvalue weighted by Crippen LogP contribution is 2.33. The minimum absolute atomic E-state index is 0.00842. The molecule has 4 heteroatoms. The molecular formula is C27H28N2O2. The van der Waals surface area contributed by atoms with Crippen LogP contribution in [0.25, 0.3) is 10.9 Å². The van der Waals surface area contributed by atoms with Gasteiger partial charge in [-0.1, -0.05) is 60.2 Å². The number of aryl methyl sites for hydroxylation is 2. The summed E-state index contributed by atoms with van der Waals surface area (Å²) in [4.78, 5) is 18.3. The number of hydrogen-bond donors (Lipinski definition) is 1. The van der Waals surface area contributed by atoms with Crippen LogP contribution in [0.5, 0.6) is 5.75 Å². The van der Waals surface area contributed by atoms with Crippen LogP contribution in [0, 0.1) is 20.8 Å². The van der Waals surface area contributed by atoms with Crippen molar-refractivity contribution in [1.29, 1.82) is 0 Å². The Labute approximate surface area is 183 Å². The number of benzene rings is 3. The van der Waals surface area contributed by atoms with Gasteiger partial charge in [0.05, 0.1) is 6.04 Å². The van der Waals surface area contributed by atoms with Crippen molar-refractivity contribution in [3.63, 3.8) is 0 Å². The van der Waals surface area contributed by atoms with Gasteiger partial charge in [0.25, 0.3) is 5.91 Å². The number of carbonyl (C=O) groups is 1. The zero-order valence-corrected chi connectivity index (χ0v) is 18.5. The molecule has 0 spiro atoms. The summed E-state index contributed by atoms with van der Waals surface area (Å²) in [6.45, 7) is 6.11. The summed E-state index contributed by atoms with van der Waals surface area (Å²) in [6, 6.07) is 22.2. The van der Waals surface area contributed by atoms with Crippen molar-refractivity contribution in [2.24, 2.45) is 0 Å². The van der Waals surface area contributed by atoms with E-state index < -0.39 is 0 Å². The zero-order chi connectivity index (χ0) is 22.0. The predicted molar refractivity (Wildman–Crippen MR) is 126 cm³/mol. The number of aromatic nitrogens is 1. The number of H-pyrrole nitrogens is 1. The van der Waals surface area contributed by atoms with E-state index in [0.717, 1.165) is 38.9 Å². The van der Waals surface area contributed by atoms with Gasteiger partial charge in [0.1, 0.15) is 5.75 Å². The molecule has 0 aliphatic rings. The van der Waals surface area contributed by atoms with E-state index >= 15 is 0 Å². The van der Waals surface area contributed by atoms with E-state index in [4.69, 9.17) is 4.74 Å². The number of ether oxygens (including phenoxy) is 1. The lowest BCUT2D eigenvalue weighted by Gasteiger charge is -2.29. The lowest BCUT2D eigenvalue weighted by Crippen LogP contribution is -2.35. The molecule has 0 aliphatic heterocycles. The van der Waals surface area contributed by atoms with E-state index in [1.165, 1.54) is 5.56 Å². The Morgan fingerprint density at radius 2 is 1.71 bits per heavy atom. The third kappa shape index (κ3) is 4.19. The Kier molecular flexibility index (Phi) is 5.81. The fourth-order valence-electron chi connectivity index (χ4n) is 3.95. The number of carbonyl (C=O) groups excluding carboxylic acids is 1. The van der Waals surface area contributed by atoms with E-state index in [-0.39, 0.29) is 18.6 Å². The van der Waals surface area contributed by atoms with Gasteiger partial charge in [-0.3, -0.25) is 4.79 Å². The van der Waals surface area contributed by atoms with Crippen molar-refractivity contribution in [3.8, 4) is 5.75 Å². The molecule has 4 aromatic rings. The molecule has 0 saturated heterocycles. The summed E-state index contributed by atoms with van der Waals surface area (Å²) in [5.41, 5.74) is 6.59. The van der Waals surface area contributed by atoms with Gasteiger partial charge in [0, 0.05) is 29.7 Å². The first-order chi connectivity index (χ1) is 15.0. The summed E-state index contributed by atoms with van der Waals surface area (Å²) < 4.78 is 5.91. The van der Waals surface area contributed by atoms with Crippen molar-refractivity contribution in [2.45, 2.75) is 26.8 Å². The third-order valence-electron chi connectivity index (χ3n) is 6.00. The first-order valence-electron chi connectivity index (χ1n) is 10.5. The van der Waals surface area contributed by atoms with Crippen LogP contribution in [0.4, 0.5) is 0 Å². The summed E-state index contributed by atoms with van der Waals surface area (Å²) in [6.07, 6.45) is 2.00. The van der Waals surface area contributed by atoms with Crippen LogP contribution in [0.1, 0.15) is 33.9 Å². The van der Waals surface area contributed by atoms with Gasteiger partial charge in [-0.2, -0.15) is 0 Å². The van der Waals surface area contributed by atoms with Crippen LogP contribution in [-0.2, 0) is 4.79 Å². The number of para-hydroxylation sites is 1. The van der Waals surface area contributed by atoms with Crippen molar-refractivity contribution in [3.05, 3.63) is 101 Å². The molecule has 1 atom stereocenters. The van der Waals surface area contributed by atoms with Crippen molar-refractivity contribution >= 4 is 16.8 Å².